The fourth-order valence-corrected chi connectivity index (χ4v) is 11.8. The molecule has 3 saturated carbocycles. The van der Waals surface area contributed by atoms with Crippen LogP contribution in [-0.2, 0) is 0 Å². The molecule has 3 aliphatic carbocycles. The average molecular weight is 590 g/mol. The predicted molar refractivity (Wildman–Crippen MR) is 168 cm³/mol. The first kappa shape index (κ1) is 26.7. The molecule has 0 nitrogen and oxygen atoms in total. The summed E-state index contributed by atoms with van der Waals surface area (Å²) >= 11 is 4.45. The Hall–Kier alpha value is -1.51. The first-order valence-corrected chi connectivity index (χ1v) is 19.0. The van der Waals surface area contributed by atoms with Crippen LogP contribution < -0.4 is 0 Å². The third kappa shape index (κ3) is 5.68. The molecule has 0 bridgehead atoms. The van der Waals surface area contributed by atoms with Crippen LogP contribution in [0, 0.1) is 0 Å². The summed E-state index contributed by atoms with van der Waals surface area (Å²) in [5.74, 6) is 2.26. The molecule has 0 amide bonds. The summed E-state index contributed by atoms with van der Waals surface area (Å²) in [5, 5.41) is 0. The van der Waals surface area contributed by atoms with E-state index in [0.717, 1.165) is 17.8 Å². The van der Waals surface area contributed by atoms with E-state index in [4.69, 9.17) is 0 Å². The van der Waals surface area contributed by atoms with Crippen LogP contribution in [0.1, 0.15) is 131 Å². The molecule has 0 saturated heterocycles. The van der Waals surface area contributed by atoms with E-state index in [0.29, 0.717) is 0 Å². The summed E-state index contributed by atoms with van der Waals surface area (Å²) in [5.41, 5.74) is 4.63. The first-order valence-electron chi connectivity index (χ1n) is 15.5. The molecule has 0 spiro atoms. The minimum absolute atomic E-state index is 0.752. The summed E-state index contributed by atoms with van der Waals surface area (Å²) in [4.78, 5) is 4.27. The Morgan fingerprint density at radius 1 is 0.368 bits per heavy atom. The van der Waals surface area contributed by atoms with Crippen molar-refractivity contribution in [2.45, 2.75) is 129 Å². The van der Waals surface area contributed by atoms with Crippen LogP contribution in [0.2, 0.25) is 0 Å². The van der Waals surface area contributed by atoms with Gasteiger partial charge in [-0.25, -0.2) is 0 Å². The Morgan fingerprint density at radius 3 is 0.842 bits per heavy atom. The standard InChI is InChI=1S/C36H45BrS/c37-38(34-22-16-31(17-23-34)28-10-4-1-5-11-28,35-24-18-32(19-25-35)29-12-6-2-7-13-29)36-26-20-33(21-27-36)30-14-8-3-9-15-30/h16-30H,1-15H2. The van der Waals surface area contributed by atoms with Gasteiger partial charge in [-0.2, -0.15) is 0 Å². The van der Waals surface area contributed by atoms with Crippen molar-refractivity contribution in [3.05, 3.63) is 89.5 Å². The van der Waals surface area contributed by atoms with Gasteiger partial charge in [0.2, 0.25) is 0 Å². The number of hydrogen-bond acceptors (Lipinski definition) is 0. The number of benzene rings is 3. The van der Waals surface area contributed by atoms with Crippen LogP contribution >= 0.6 is 23.3 Å². The van der Waals surface area contributed by atoms with Crippen LogP contribution in [0.3, 0.4) is 0 Å². The summed E-state index contributed by atoms with van der Waals surface area (Å²) in [7, 11) is -1.51. The van der Waals surface area contributed by atoms with E-state index in [1.54, 1.807) is 16.7 Å². The minimum atomic E-state index is -1.51. The van der Waals surface area contributed by atoms with E-state index in [9.17, 15) is 0 Å². The predicted octanol–water partition coefficient (Wildman–Crippen LogP) is 12.4. The molecule has 3 aromatic carbocycles. The fourth-order valence-electron chi connectivity index (χ4n) is 7.50. The Morgan fingerprint density at radius 2 is 0.605 bits per heavy atom. The van der Waals surface area contributed by atoms with E-state index in [-0.39, 0.29) is 0 Å². The second kappa shape index (κ2) is 12.3. The van der Waals surface area contributed by atoms with Gasteiger partial charge in [-0.15, -0.1) is 8.46 Å². The average Bonchev–Trinajstić information content (AvgIpc) is 3.02. The van der Waals surface area contributed by atoms with Crippen molar-refractivity contribution in [1.29, 1.82) is 0 Å². The van der Waals surface area contributed by atoms with Crippen molar-refractivity contribution < 1.29 is 0 Å². The SMILES string of the molecule is BrS(c1ccc(C2CCCCC2)cc1)(c1ccc(C2CCCCC2)cc1)c1ccc(C2CCCCC2)cc1. The highest BCUT2D eigenvalue weighted by Crippen LogP contribution is 2.74. The Bertz CT molecular complexity index is 997. The summed E-state index contributed by atoms with van der Waals surface area (Å²) < 4.78 is 0. The van der Waals surface area contributed by atoms with Crippen molar-refractivity contribution >= 4 is 23.3 Å². The quantitative estimate of drug-likeness (QED) is 0.268. The van der Waals surface area contributed by atoms with E-state index in [2.05, 4.69) is 87.6 Å². The summed E-state index contributed by atoms with van der Waals surface area (Å²) in [6.45, 7) is 0. The highest BCUT2D eigenvalue weighted by molar-refractivity contribution is 9.58. The Balaban J connectivity index is 1.34. The topological polar surface area (TPSA) is 0 Å². The molecule has 0 N–H and O–H groups in total. The fraction of sp³-hybridized carbons (Fsp3) is 0.500. The third-order valence-electron chi connectivity index (χ3n) is 9.84. The van der Waals surface area contributed by atoms with Gasteiger partial charge in [-0.3, -0.25) is 0 Å². The second-order valence-electron chi connectivity index (χ2n) is 12.2. The van der Waals surface area contributed by atoms with Crippen LogP contribution in [0.25, 0.3) is 0 Å². The van der Waals surface area contributed by atoms with Crippen LogP contribution in [0.15, 0.2) is 87.5 Å². The molecule has 0 radical (unpaired) electrons. The van der Waals surface area contributed by atoms with Crippen molar-refractivity contribution in [3.8, 4) is 0 Å². The zero-order chi connectivity index (χ0) is 25.8. The maximum Gasteiger partial charge on any atom is 0.00785 e. The van der Waals surface area contributed by atoms with Crippen molar-refractivity contribution in [2.24, 2.45) is 0 Å². The monoisotopic (exact) mass is 588 g/mol. The molecule has 3 aliphatic rings. The van der Waals surface area contributed by atoms with Crippen LogP contribution in [0.4, 0.5) is 0 Å². The molecule has 0 aromatic heterocycles. The van der Waals surface area contributed by atoms with Crippen molar-refractivity contribution in [1.82, 2.24) is 0 Å². The number of rotatable bonds is 6. The number of hydrogen-bond donors (Lipinski definition) is 0. The van der Waals surface area contributed by atoms with Crippen molar-refractivity contribution in [2.75, 3.05) is 0 Å². The maximum absolute atomic E-state index is 4.45. The molecule has 0 heterocycles. The molecule has 0 atom stereocenters. The molecular formula is C36H45BrS. The van der Waals surface area contributed by atoms with Gasteiger partial charge in [0.15, 0.2) is 0 Å². The molecule has 2 heteroatoms. The first-order chi connectivity index (χ1) is 18.7. The van der Waals surface area contributed by atoms with Gasteiger partial charge in [0, 0.05) is 14.7 Å². The zero-order valence-corrected chi connectivity index (χ0v) is 25.5. The van der Waals surface area contributed by atoms with E-state index in [1.807, 2.05) is 0 Å². The normalized spacial score (nSPS) is 20.9. The van der Waals surface area contributed by atoms with Crippen molar-refractivity contribution in [3.63, 3.8) is 0 Å². The van der Waals surface area contributed by atoms with Gasteiger partial charge in [0.05, 0.1) is 0 Å². The van der Waals surface area contributed by atoms with Gasteiger partial charge in [-0.05, 0) is 124 Å². The molecule has 6 rings (SSSR count). The largest absolute Gasteiger partial charge is 0.101 e. The minimum Gasteiger partial charge on any atom is -0.101 e. The molecule has 0 aliphatic heterocycles. The Kier molecular flexibility index (Phi) is 8.67. The second-order valence-corrected chi connectivity index (χ2v) is 17.7. The molecule has 202 valence electrons. The van der Waals surface area contributed by atoms with E-state index >= 15 is 0 Å². The smallest absolute Gasteiger partial charge is 0.00785 e. The van der Waals surface area contributed by atoms with Crippen LogP contribution in [-0.4, -0.2) is 0 Å². The lowest BCUT2D eigenvalue weighted by Gasteiger charge is -2.36. The molecule has 3 aromatic rings. The van der Waals surface area contributed by atoms with Gasteiger partial charge in [-0.1, -0.05) is 94.2 Å². The number of halogens is 1. The van der Waals surface area contributed by atoms with Crippen LogP contribution in [0.5, 0.6) is 0 Å². The molecule has 38 heavy (non-hydrogen) atoms. The zero-order valence-electron chi connectivity index (χ0n) is 23.1. The Labute approximate surface area is 240 Å². The van der Waals surface area contributed by atoms with E-state index < -0.39 is 8.46 Å². The van der Waals surface area contributed by atoms with Gasteiger partial charge in [0.25, 0.3) is 0 Å². The lowest BCUT2D eigenvalue weighted by Crippen LogP contribution is -2.06. The lowest BCUT2D eigenvalue weighted by atomic mass is 9.84. The van der Waals surface area contributed by atoms with Gasteiger partial charge in [0.1, 0.15) is 0 Å². The maximum atomic E-state index is 4.45. The van der Waals surface area contributed by atoms with E-state index in [1.165, 1.54) is 111 Å². The lowest BCUT2D eigenvalue weighted by molar-refractivity contribution is 0.443. The molecule has 3 fully saturated rings. The highest BCUT2D eigenvalue weighted by Gasteiger charge is 2.30. The molecule has 0 unspecified atom stereocenters. The summed E-state index contributed by atoms with van der Waals surface area (Å²) in [6.07, 6.45) is 20.7. The molecular weight excluding hydrogens is 544 g/mol. The highest BCUT2D eigenvalue weighted by atomic mass is 79.9. The van der Waals surface area contributed by atoms with Gasteiger partial charge >= 0.3 is 0 Å². The van der Waals surface area contributed by atoms with Gasteiger partial charge < -0.3 is 0 Å². The third-order valence-corrected chi connectivity index (χ3v) is 16.0. The summed E-state index contributed by atoms with van der Waals surface area (Å²) in [6, 6.07) is 29.3.